The van der Waals surface area contributed by atoms with Crippen molar-refractivity contribution in [2.45, 2.75) is 94.1 Å². The molecule has 6 amide bonds. The summed E-state index contributed by atoms with van der Waals surface area (Å²) in [5.74, 6) is -1.94. The van der Waals surface area contributed by atoms with E-state index in [1.807, 2.05) is 85.5 Å². The van der Waals surface area contributed by atoms with Crippen LogP contribution in [0.4, 0.5) is 28.4 Å². The number of carbonyl (C=O) groups excluding carboxylic acids is 7. The maximum absolute atomic E-state index is 14.5. The van der Waals surface area contributed by atoms with Gasteiger partial charge in [-0.1, -0.05) is 36.4 Å². The molecule has 1 N–H and O–H groups in total. The van der Waals surface area contributed by atoms with Crippen LogP contribution < -0.4 is 39.0 Å². The van der Waals surface area contributed by atoms with Crippen LogP contribution in [0.15, 0.2) is 96.0 Å². The summed E-state index contributed by atoms with van der Waals surface area (Å²) in [5.41, 5.74) is 8.09. The molecule has 6 aliphatic rings. The van der Waals surface area contributed by atoms with Crippen molar-refractivity contribution in [2.24, 2.45) is 4.99 Å². The largest absolute Gasteiger partial charge is 0.493 e. The van der Waals surface area contributed by atoms with Gasteiger partial charge in [-0.25, -0.2) is 4.79 Å². The Balaban J connectivity index is 0.875. The fourth-order valence-corrected chi connectivity index (χ4v) is 13.5. The van der Waals surface area contributed by atoms with Crippen LogP contribution in [0.5, 0.6) is 23.0 Å². The van der Waals surface area contributed by atoms with E-state index in [0.717, 1.165) is 57.1 Å². The molecule has 22 nitrogen and oxygen atoms in total. The second kappa shape index (κ2) is 26.8. The highest BCUT2D eigenvalue weighted by Crippen LogP contribution is 2.44. The molecule has 2 unspecified atom stereocenters. The first-order valence-electron chi connectivity index (χ1n) is 29.5. The van der Waals surface area contributed by atoms with Gasteiger partial charge in [-0.3, -0.25) is 43.6 Å². The minimum atomic E-state index is -0.916. The van der Waals surface area contributed by atoms with E-state index in [1.54, 1.807) is 43.5 Å². The number of hydrogen-bond acceptors (Lipinski definition) is 19. The third kappa shape index (κ3) is 13.3. The molecule has 5 aromatic carbocycles. The average Bonchev–Trinajstić information content (AvgIpc) is 2.08. The Morgan fingerprint density at radius 3 is 2.01 bits per heavy atom. The smallest absolute Gasteiger partial charge is 0.335 e. The number of ether oxygens (including phenoxy) is 7. The molecular formula is C65H71N7O15S. The molecule has 0 spiro atoms. The number of hydrogen-bond donors (Lipinski definition) is 1. The van der Waals surface area contributed by atoms with Gasteiger partial charge in [0.2, 0.25) is 11.8 Å². The summed E-state index contributed by atoms with van der Waals surface area (Å²) in [6.07, 6.45) is 3.32. The Morgan fingerprint density at radius 1 is 0.693 bits per heavy atom. The van der Waals surface area contributed by atoms with E-state index in [0.29, 0.717) is 103 Å². The molecule has 2 fully saturated rings. The fourth-order valence-electron chi connectivity index (χ4n) is 12.0. The lowest BCUT2D eigenvalue weighted by molar-refractivity contribution is -0.197. The van der Waals surface area contributed by atoms with Crippen LogP contribution in [-0.2, 0) is 69.1 Å². The molecule has 5 aromatic rings. The summed E-state index contributed by atoms with van der Waals surface area (Å²) in [7, 11) is 4.67. The van der Waals surface area contributed by atoms with Gasteiger partial charge in [0.1, 0.15) is 13.2 Å². The Labute approximate surface area is 514 Å². The summed E-state index contributed by atoms with van der Waals surface area (Å²) in [6.45, 7) is 6.90. The molecule has 0 bridgehead atoms. The van der Waals surface area contributed by atoms with E-state index >= 15 is 0 Å². The van der Waals surface area contributed by atoms with Gasteiger partial charge in [-0.05, 0) is 91.4 Å². The van der Waals surface area contributed by atoms with Crippen molar-refractivity contribution in [3.8, 4) is 23.0 Å². The summed E-state index contributed by atoms with van der Waals surface area (Å²) in [6, 6.07) is 28.5. The molecule has 11 rings (SSSR count). The first-order chi connectivity index (χ1) is 42.6. The lowest BCUT2D eigenvalue weighted by Gasteiger charge is -2.35. The zero-order valence-electron chi connectivity index (χ0n) is 49.9. The van der Waals surface area contributed by atoms with Gasteiger partial charge < -0.3 is 53.1 Å². The number of anilines is 4. The topological polar surface area (TPSA) is 234 Å². The van der Waals surface area contributed by atoms with Crippen LogP contribution in [0.25, 0.3) is 0 Å². The third-order valence-corrected chi connectivity index (χ3v) is 17.6. The number of imide groups is 2. The maximum Gasteiger partial charge on any atom is 0.335 e. The summed E-state index contributed by atoms with van der Waals surface area (Å²) in [5, 5.41) is 3.16. The number of thioether (sulfide) groups is 1. The predicted molar refractivity (Wildman–Crippen MR) is 328 cm³/mol. The highest BCUT2D eigenvalue weighted by molar-refractivity contribution is 8.02. The van der Waals surface area contributed by atoms with E-state index in [2.05, 4.69) is 16.3 Å². The number of carbonyl (C=O) groups is 7. The van der Waals surface area contributed by atoms with Gasteiger partial charge in [-0.15, -0.1) is 16.8 Å². The number of fused-ring (bicyclic) bond motifs is 8. The fraction of sp³-hybridized carbons (Fsp3) is 0.415. The monoisotopic (exact) mass is 1220 g/mol. The quantitative estimate of drug-likeness (QED) is 0.0413. The molecule has 88 heavy (non-hydrogen) atoms. The van der Waals surface area contributed by atoms with Crippen LogP contribution in [0, 0.1) is 0 Å². The number of amides is 6. The Bertz CT molecular complexity index is 3540. The van der Waals surface area contributed by atoms with Crippen LogP contribution in [0.2, 0.25) is 0 Å². The average molecular weight is 1220 g/mol. The van der Waals surface area contributed by atoms with Crippen LogP contribution in [0.1, 0.15) is 88.9 Å². The predicted octanol–water partition coefficient (Wildman–Crippen LogP) is 7.66. The molecule has 0 radical (unpaired) electrons. The number of para-hydroxylation sites is 2. The van der Waals surface area contributed by atoms with Gasteiger partial charge in [0.05, 0.1) is 87.5 Å². The summed E-state index contributed by atoms with van der Waals surface area (Å²) in [4.78, 5) is 110. The highest BCUT2D eigenvalue weighted by Gasteiger charge is 2.44. The normalized spacial score (nSPS) is 18.4. The zero-order chi connectivity index (χ0) is 61.6. The number of aliphatic imine (C=N–C) groups is 1. The van der Waals surface area contributed by atoms with Crippen molar-refractivity contribution in [1.29, 1.82) is 0 Å². The van der Waals surface area contributed by atoms with E-state index < -0.39 is 46.0 Å². The molecule has 0 saturated carbocycles. The minimum absolute atomic E-state index is 0.0138. The number of likely N-dealkylation sites (tertiary alicyclic amines) is 1. The Morgan fingerprint density at radius 2 is 1.32 bits per heavy atom. The molecule has 0 aliphatic carbocycles. The highest BCUT2D eigenvalue weighted by atomic mass is 32.2. The van der Waals surface area contributed by atoms with Crippen LogP contribution in [0.3, 0.4) is 0 Å². The second-order valence-electron chi connectivity index (χ2n) is 22.8. The van der Waals surface area contributed by atoms with Crippen molar-refractivity contribution < 1.29 is 71.6 Å². The van der Waals surface area contributed by atoms with Gasteiger partial charge in [0.25, 0.3) is 23.6 Å². The van der Waals surface area contributed by atoms with Crippen molar-refractivity contribution in [2.75, 3.05) is 101 Å². The number of rotatable bonds is 26. The Hall–Kier alpha value is -8.51. The number of benzene rings is 5. The van der Waals surface area contributed by atoms with Gasteiger partial charge in [-0.2, -0.15) is 0 Å². The van der Waals surface area contributed by atoms with Gasteiger partial charge in [0.15, 0.2) is 23.0 Å². The minimum Gasteiger partial charge on any atom is -0.493 e. The van der Waals surface area contributed by atoms with Gasteiger partial charge >= 0.3 is 5.97 Å². The van der Waals surface area contributed by atoms with E-state index in [9.17, 15) is 33.6 Å². The zero-order valence-corrected chi connectivity index (χ0v) is 50.7. The number of methoxy groups -OCH3 is 3. The standard InChI is InChI=1S/C65H71N7O15S/c1-65(2,88-57-35-60(75)69(64(57)79)19-17-61(76)87-72-58(73)14-15-59(72)74)39-68(20-21-83-24-25-84-23-22-80-3)45-27-40(37-85-55-33-49-47(31-53(55)81-4)62(77)70-44(16-18-66-49)29-42-10-6-8-12-51(42)70)26-41(28-45)38-86-56-34-50-48(32-54(56)82-5)63(78)71-46(36-67-50)30-43-11-7-9-13-52(43)71/h6-13,26-28,31-34,36,44,46,57,66H,14-25,29-30,35,37-39H2,1-5H3/t44?,46-,57?/m0/s1. The summed E-state index contributed by atoms with van der Waals surface area (Å²) < 4.78 is 41.4. The second-order valence-corrected chi connectivity index (χ2v) is 24.7. The third-order valence-electron chi connectivity index (χ3n) is 16.2. The lowest BCUT2D eigenvalue weighted by Crippen LogP contribution is -2.41. The van der Waals surface area contributed by atoms with Crippen LogP contribution in [-0.4, -0.2) is 160 Å². The lowest BCUT2D eigenvalue weighted by atomic mass is 10.0. The van der Waals surface area contributed by atoms with E-state index in [4.69, 9.17) is 43.0 Å². The van der Waals surface area contributed by atoms with Crippen LogP contribution >= 0.6 is 11.8 Å². The first kappa shape index (κ1) is 61.1. The first-order valence-corrected chi connectivity index (χ1v) is 30.4. The molecule has 6 aliphatic heterocycles. The molecule has 23 heteroatoms. The molecular weight excluding hydrogens is 1150 g/mol. The number of hydroxylamine groups is 2. The van der Waals surface area contributed by atoms with Crippen molar-refractivity contribution in [3.63, 3.8) is 0 Å². The molecule has 6 heterocycles. The SMILES string of the molecule is COCCOCCOCCN(CC(C)(C)SC1CC(=O)N(CCC(=O)ON2C(=O)CCC2=O)C1=O)c1cc(COc2cc3c(cc2OC)C(=O)N2c4ccccc4C[C@H]2C=N3)cc(COc2cc3c(cc2OC)C(=O)N2c4ccccc4CC2CCN3)c1. The molecule has 462 valence electrons. The van der Waals surface area contributed by atoms with Crippen molar-refractivity contribution in [1.82, 2.24) is 9.96 Å². The maximum atomic E-state index is 14.5. The molecule has 2 saturated heterocycles. The summed E-state index contributed by atoms with van der Waals surface area (Å²) >= 11 is 1.34. The van der Waals surface area contributed by atoms with Crippen molar-refractivity contribution >= 4 is 87.8 Å². The molecule has 0 aromatic heterocycles. The van der Waals surface area contributed by atoms with Crippen molar-refractivity contribution in [3.05, 3.63) is 124 Å². The number of nitrogens with one attached hydrogen (secondary N) is 1. The van der Waals surface area contributed by atoms with E-state index in [1.165, 1.54) is 18.9 Å². The van der Waals surface area contributed by atoms with Gasteiger partial charge in [0, 0.05) is 105 Å². The molecule has 3 atom stereocenters. The number of nitrogens with zero attached hydrogens (tertiary/aromatic N) is 6. The Kier molecular flexibility index (Phi) is 18.7. The van der Waals surface area contributed by atoms with E-state index in [-0.39, 0.29) is 69.5 Å².